The molecule has 4 aliphatic carbocycles. The summed E-state index contributed by atoms with van der Waals surface area (Å²) in [6, 6.07) is 8.89. The Bertz CT molecular complexity index is 998. The highest BCUT2D eigenvalue weighted by molar-refractivity contribution is 6.39. The zero-order valence-electron chi connectivity index (χ0n) is 16.5. The van der Waals surface area contributed by atoms with Gasteiger partial charge >= 0.3 is 5.97 Å². The molecule has 4 fully saturated rings. The minimum absolute atomic E-state index is 0.00492. The van der Waals surface area contributed by atoms with E-state index in [1.807, 2.05) is 6.07 Å². The number of hydrogen-bond donors (Lipinski definition) is 1. The summed E-state index contributed by atoms with van der Waals surface area (Å²) < 4.78 is 0. The average Bonchev–Trinajstić information content (AvgIpc) is 2.66. The molecule has 6 rings (SSSR count). The number of benzene rings is 2. The zero-order chi connectivity index (χ0) is 21.0. The molecule has 5 heteroatoms. The van der Waals surface area contributed by atoms with Crippen LogP contribution < -0.4 is 5.11 Å². The summed E-state index contributed by atoms with van der Waals surface area (Å²) in [5.41, 5.74) is 3.10. The Balaban J connectivity index is 1.55. The Hall–Kier alpha value is -1.97. The van der Waals surface area contributed by atoms with Crippen molar-refractivity contribution < 1.29 is 15.0 Å². The van der Waals surface area contributed by atoms with Gasteiger partial charge in [-0.05, 0) is 96.6 Å². The van der Waals surface area contributed by atoms with Crippen molar-refractivity contribution in [3.8, 4) is 16.9 Å². The highest BCUT2D eigenvalue weighted by Crippen LogP contribution is 2.62. The molecule has 3 nitrogen and oxygen atoms in total. The first-order valence-corrected chi connectivity index (χ1v) is 11.3. The van der Waals surface area contributed by atoms with E-state index in [1.54, 1.807) is 24.3 Å². The summed E-state index contributed by atoms with van der Waals surface area (Å²) >= 11 is 13.1. The summed E-state index contributed by atoms with van der Waals surface area (Å²) in [5.74, 6) is 1.36. The van der Waals surface area contributed by atoms with E-state index in [-0.39, 0.29) is 11.2 Å². The van der Waals surface area contributed by atoms with E-state index in [1.165, 1.54) is 25.3 Å². The molecule has 2 aromatic carbocycles. The standard InChI is InChI=1S/C25H24Cl2O3/c26-20-8-14(1-4-23(29)30)9-21(27)24(20)18-2-3-22(28)19(10-18)25-11-15-5-16(12-25)7-17(6-15)13-25/h1-4,8-10,15-17,28H,5-7,11-13H2,(H,29,30)/p-1/b4-1+. The van der Waals surface area contributed by atoms with Gasteiger partial charge in [0, 0.05) is 11.6 Å². The molecule has 4 saturated carbocycles. The minimum atomic E-state index is -1.03. The van der Waals surface area contributed by atoms with Crippen LogP contribution in [0.15, 0.2) is 36.4 Å². The minimum Gasteiger partial charge on any atom is -0.872 e. The molecule has 30 heavy (non-hydrogen) atoms. The van der Waals surface area contributed by atoms with Gasteiger partial charge in [0.1, 0.15) is 0 Å². The van der Waals surface area contributed by atoms with Gasteiger partial charge in [0.15, 0.2) is 0 Å². The number of carboxylic acids is 1. The first-order valence-electron chi connectivity index (χ1n) is 10.5. The van der Waals surface area contributed by atoms with Crippen LogP contribution in [0.2, 0.25) is 10.0 Å². The zero-order valence-corrected chi connectivity index (χ0v) is 18.0. The normalized spacial score (nSPS) is 29.6. The van der Waals surface area contributed by atoms with Gasteiger partial charge in [0.05, 0.1) is 10.0 Å². The Kier molecular flexibility index (Phi) is 4.87. The molecule has 0 saturated heterocycles. The topological polar surface area (TPSA) is 60.4 Å². The number of hydrogen-bond acceptors (Lipinski definition) is 2. The van der Waals surface area contributed by atoms with Gasteiger partial charge in [-0.15, -0.1) is 5.75 Å². The summed E-state index contributed by atoms with van der Waals surface area (Å²) in [7, 11) is 0. The van der Waals surface area contributed by atoms with E-state index < -0.39 is 5.97 Å². The van der Waals surface area contributed by atoms with Gasteiger partial charge in [-0.3, -0.25) is 0 Å². The maximum absolute atomic E-state index is 13.0. The molecule has 0 heterocycles. The summed E-state index contributed by atoms with van der Waals surface area (Å²) in [6.45, 7) is 0. The second kappa shape index (κ2) is 7.32. The van der Waals surface area contributed by atoms with Crippen LogP contribution >= 0.6 is 23.2 Å². The fraction of sp³-hybridized carbons (Fsp3) is 0.400. The van der Waals surface area contributed by atoms with Crippen LogP contribution in [-0.4, -0.2) is 11.1 Å². The number of rotatable bonds is 4. The number of aliphatic carboxylic acids is 1. The second-order valence-electron chi connectivity index (χ2n) is 9.44. The van der Waals surface area contributed by atoms with Crippen LogP contribution in [0.4, 0.5) is 0 Å². The van der Waals surface area contributed by atoms with Crippen molar-refractivity contribution in [3.63, 3.8) is 0 Å². The van der Waals surface area contributed by atoms with E-state index in [0.717, 1.165) is 54.2 Å². The lowest BCUT2D eigenvalue weighted by Crippen LogP contribution is -2.48. The fourth-order valence-corrected chi connectivity index (χ4v) is 7.39. The van der Waals surface area contributed by atoms with E-state index in [2.05, 4.69) is 0 Å². The first kappa shape index (κ1) is 20.0. The van der Waals surface area contributed by atoms with E-state index in [4.69, 9.17) is 28.3 Å². The fourth-order valence-electron chi connectivity index (χ4n) is 6.67. The summed E-state index contributed by atoms with van der Waals surface area (Å²) in [5, 5.41) is 22.7. The van der Waals surface area contributed by atoms with Crippen molar-refractivity contribution in [2.75, 3.05) is 0 Å². The summed E-state index contributed by atoms with van der Waals surface area (Å²) in [4.78, 5) is 10.8. The third kappa shape index (κ3) is 3.42. The predicted molar refractivity (Wildman–Crippen MR) is 118 cm³/mol. The molecule has 4 bridgehead atoms. The van der Waals surface area contributed by atoms with Crippen LogP contribution in [-0.2, 0) is 10.2 Å². The van der Waals surface area contributed by atoms with E-state index >= 15 is 0 Å². The molecular weight excluding hydrogens is 419 g/mol. The molecule has 156 valence electrons. The van der Waals surface area contributed by atoms with Crippen molar-refractivity contribution in [2.45, 2.75) is 43.9 Å². The molecule has 4 aliphatic rings. The molecule has 0 aromatic heterocycles. The van der Waals surface area contributed by atoms with Crippen molar-refractivity contribution in [2.24, 2.45) is 17.8 Å². The van der Waals surface area contributed by atoms with Crippen molar-refractivity contribution in [1.29, 1.82) is 0 Å². The quantitative estimate of drug-likeness (QED) is 0.566. The molecule has 2 aromatic rings. The van der Waals surface area contributed by atoms with Crippen molar-refractivity contribution >= 4 is 35.2 Å². The Morgan fingerprint density at radius 1 is 1.00 bits per heavy atom. The highest BCUT2D eigenvalue weighted by Gasteiger charge is 2.51. The summed E-state index contributed by atoms with van der Waals surface area (Å²) in [6.07, 6.45) is 9.88. The average molecular weight is 442 g/mol. The Labute approximate surface area is 186 Å². The maximum atomic E-state index is 13.0. The lowest BCUT2D eigenvalue weighted by Gasteiger charge is -2.58. The third-order valence-corrected chi connectivity index (χ3v) is 7.96. The SMILES string of the molecule is O=C(O)/C=C/c1cc(Cl)c(-c2ccc([O-])c(C34CC5CC(CC(C5)C3)C4)c2)c(Cl)c1. The monoisotopic (exact) mass is 441 g/mol. The van der Waals surface area contributed by atoms with Gasteiger partial charge < -0.3 is 10.2 Å². The predicted octanol–water partition coefficient (Wildman–Crippen LogP) is 6.30. The van der Waals surface area contributed by atoms with Gasteiger partial charge in [0.25, 0.3) is 0 Å². The van der Waals surface area contributed by atoms with Crippen LogP contribution in [0, 0.1) is 17.8 Å². The van der Waals surface area contributed by atoms with Gasteiger partial charge in [-0.2, -0.15) is 0 Å². The second-order valence-corrected chi connectivity index (χ2v) is 10.3. The van der Waals surface area contributed by atoms with E-state index in [9.17, 15) is 9.90 Å². The molecule has 1 N–H and O–H groups in total. The molecule has 0 aliphatic heterocycles. The smallest absolute Gasteiger partial charge is 0.328 e. The van der Waals surface area contributed by atoms with Crippen LogP contribution in [0.25, 0.3) is 17.2 Å². The van der Waals surface area contributed by atoms with E-state index in [0.29, 0.717) is 21.2 Å². The van der Waals surface area contributed by atoms with Gasteiger partial charge in [0.2, 0.25) is 0 Å². The van der Waals surface area contributed by atoms with Gasteiger partial charge in [-0.1, -0.05) is 41.4 Å². The number of carbonyl (C=O) groups is 1. The van der Waals surface area contributed by atoms with Crippen molar-refractivity contribution in [1.82, 2.24) is 0 Å². The van der Waals surface area contributed by atoms with Crippen LogP contribution in [0.3, 0.4) is 0 Å². The number of halogens is 2. The third-order valence-electron chi connectivity index (χ3n) is 7.36. The largest absolute Gasteiger partial charge is 0.872 e. The highest BCUT2D eigenvalue weighted by atomic mass is 35.5. The van der Waals surface area contributed by atoms with Crippen molar-refractivity contribution in [3.05, 3.63) is 57.6 Å². The lowest BCUT2D eigenvalue weighted by molar-refractivity contribution is -0.271. The molecule has 0 unspecified atom stereocenters. The Morgan fingerprint density at radius 2 is 1.57 bits per heavy atom. The lowest BCUT2D eigenvalue weighted by atomic mass is 9.48. The van der Waals surface area contributed by atoms with Crippen LogP contribution in [0.5, 0.6) is 5.75 Å². The first-order chi connectivity index (χ1) is 14.3. The van der Waals surface area contributed by atoms with Crippen LogP contribution in [0.1, 0.15) is 49.7 Å². The maximum Gasteiger partial charge on any atom is 0.328 e. The molecule has 0 spiro atoms. The molecule has 0 atom stereocenters. The van der Waals surface area contributed by atoms with Gasteiger partial charge in [-0.25, -0.2) is 4.79 Å². The molecular formula is C25H23Cl2O3-. The molecule has 0 amide bonds. The number of carboxylic acid groups (broad SMARTS) is 1. The Morgan fingerprint density at radius 3 is 2.10 bits per heavy atom. The molecule has 0 radical (unpaired) electrons.